The van der Waals surface area contributed by atoms with E-state index in [1.807, 2.05) is 18.4 Å². The van der Waals surface area contributed by atoms with Crippen molar-refractivity contribution in [2.75, 3.05) is 16.4 Å². The van der Waals surface area contributed by atoms with Gasteiger partial charge in [-0.1, -0.05) is 35.3 Å². The summed E-state index contributed by atoms with van der Waals surface area (Å²) in [6.07, 6.45) is 3.13. The normalized spacial score (nSPS) is 11.1. The SMILES string of the molecule is Cc1c(NC(=O)Nc2cc(Cl)cc(Cl)c2)cccc1C(=O)c1cn(C(C)C)c2ncnc(N)c12. The van der Waals surface area contributed by atoms with Gasteiger partial charge in [-0.25, -0.2) is 14.8 Å². The van der Waals surface area contributed by atoms with Gasteiger partial charge >= 0.3 is 6.03 Å². The van der Waals surface area contributed by atoms with Crippen molar-refractivity contribution in [1.82, 2.24) is 14.5 Å². The van der Waals surface area contributed by atoms with Crippen LogP contribution in [0, 0.1) is 6.92 Å². The number of rotatable bonds is 5. The Labute approximate surface area is 206 Å². The third-order valence-electron chi connectivity index (χ3n) is 5.39. The molecule has 0 unspecified atom stereocenters. The maximum absolute atomic E-state index is 13.6. The Morgan fingerprint density at radius 2 is 1.74 bits per heavy atom. The number of amides is 2. The van der Waals surface area contributed by atoms with Crippen LogP contribution in [0.5, 0.6) is 0 Å². The molecule has 4 N–H and O–H groups in total. The number of benzene rings is 2. The summed E-state index contributed by atoms with van der Waals surface area (Å²) in [6, 6.07) is 9.42. The molecule has 0 saturated heterocycles. The minimum Gasteiger partial charge on any atom is -0.383 e. The first kappa shape index (κ1) is 23.5. The second-order valence-corrected chi connectivity index (χ2v) is 8.92. The molecule has 2 aromatic carbocycles. The molecule has 34 heavy (non-hydrogen) atoms. The van der Waals surface area contributed by atoms with Crippen LogP contribution < -0.4 is 16.4 Å². The van der Waals surface area contributed by atoms with Gasteiger partial charge in [0.15, 0.2) is 5.78 Å². The molecule has 0 atom stereocenters. The number of nitrogen functional groups attached to an aromatic ring is 1. The van der Waals surface area contributed by atoms with Crippen molar-refractivity contribution in [2.24, 2.45) is 0 Å². The van der Waals surface area contributed by atoms with E-state index in [4.69, 9.17) is 28.9 Å². The van der Waals surface area contributed by atoms with E-state index < -0.39 is 6.03 Å². The summed E-state index contributed by atoms with van der Waals surface area (Å²) < 4.78 is 1.89. The predicted molar refractivity (Wildman–Crippen MR) is 136 cm³/mol. The molecule has 0 bridgehead atoms. The number of aromatic nitrogens is 3. The number of fused-ring (bicyclic) bond motifs is 1. The van der Waals surface area contributed by atoms with E-state index in [0.717, 1.165) is 0 Å². The number of ketones is 1. The second kappa shape index (κ2) is 9.32. The lowest BCUT2D eigenvalue weighted by Gasteiger charge is -2.13. The van der Waals surface area contributed by atoms with Gasteiger partial charge < -0.3 is 20.9 Å². The number of halogens is 2. The number of nitrogens with two attached hydrogens (primary N) is 1. The highest BCUT2D eigenvalue weighted by atomic mass is 35.5. The van der Waals surface area contributed by atoms with E-state index in [9.17, 15) is 9.59 Å². The van der Waals surface area contributed by atoms with E-state index in [0.29, 0.717) is 49.1 Å². The van der Waals surface area contributed by atoms with Gasteiger partial charge in [0.1, 0.15) is 17.8 Å². The number of hydrogen-bond donors (Lipinski definition) is 3. The fourth-order valence-electron chi connectivity index (χ4n) is 3.75. The molecule has 4 rings (SSSR count). The number of hydrogen-bond acceptors (Lipinski definition) is 5. The Hall–Kier alpha value is -3.62. The lowest BCUT2D eigenvalue weighted by molar-refractivity contribution is 0.103. The molecule has 10 heteroatoms. The minimum absolute atomic E-state index is 0.0659. The molecule has 8 nitrogen and oxygen atoms in total. The zero-order valence-corrected chi connectivity index (χ0v) is 20.2. The highest BCUT2D eigenvalue weighted by Gasteiger charge is 2.23. The topological polar surface area (TPSA) is 115 Å². The summed E-state index contributed by atoms with van der Waals surface area (Å²) in [5.74, 6) is -0.00618. The highest BCUT2D eigenvalue weighted by Crippen LogP contribution is 2.30. The Bertz CT molecular complexity index is 1410. The van der Waals surface area contributed by atoms with E-state index in [-0.39, 0.29) is 17.6 Å². The van der Waals surface area contributed by atoms with Crippen molar-refractivity contribution < 1.29 is 9.59 Å². The molecular formula is C24H22Cl2N6O2. The van der Waals surface area contributed by atoms with Crippen LogP contribution in [-0.4, -0.2) is 26.3 Å². The fourth-order valence-corrected chi connectivity index (χ4v) is 4.27. The number of carbonyl (C=O) groups excluding carboxylic acids is 2. The maximum Gasteiger partial charge on any atom is 0.323 e. The smallest absolute Gasteiger partial charge is 0.323 e. The first-order chi connectivity index (χ1) is 16.2. The third kappa shape index (κ3) is 4.55. The number of carbonyl (C=O) groups is 2. The number of urea groups is 1. The van der Waals surface area contributed by atoms with Crippen molar-refractivity contribution in [3.8, 4) is 0 Å². The molecule has 0 spiro atoms. The lowest BCUT2D eigenvalue weighted by Crippen LogP contribution is -2.20. The van der Waals surface area contributed by atoms with Crippen LogP contribution in [-0.2, 0) is 0 Å². The summed E-state index contributed by atoms with van der Waals surface area (Å²) in [5, 5.41) is 6.77. The summed E-state index contributed by atoms with van der Waals surface area (Å²) in [5.41, 5.74) is 9.06. The van der Waals surface area contributed by atoms with Crippen molar-refractivity contribution >= 4 is 63.2 Å². The van der Waals surface area contributed by atoms with Gasteiger partial charge in [-0.2, -0.15) is 0 Å². The molecule has 0 fully saturated rings. The molecular weight excluding hydrogens is 475 g/mol. The van der Waals surface area contributed by atoms with Crippen LogP contribution in [0.25, 0.3) is 11.0 Å². The summed E-state index contributed by atoms with van der Waals surface area (Å²) >= 11 is 12.0. The summed E-state index contributed by atoms with van der Waals surface area (Å²) in [6.45, 7) is 5.75. The molecule has 0 aliphatic carbocycles. The average molecular weight is 497 g/mol. The molecule has 0 saturated carbocycles. The summed E-state index contributed by atoms with van der Waals surface area (Å²) in [4.78, 5) is 34.6. The molecule has 2 aromatic heterocycles. The van der Waals surface area contributed by atoms with Crippen LogP contribution in [0.15, 0.2) is 48.9 Å². The average Bonchev–Trinajstić information content (AvgIpc) is 3.15. The van der Waals surface area contributed by atoms with Crippen LogP contribution in [0.2, 0.25) is 10.0 Å². The Morgan fingerprint density at radius 3 is 2.41 bits per heavy atom. The van der Waals surface area contributed by atoms with Crippen LogP contribution in [0.1, 0.15) is 41.4 Å². The lowest BCUT2D eigenvalue weighted by atomic mass is 9.98. The molecule has 2 amide bonds. The molecule has 174 valence electrons. The van der Waals surface area contributed by atoms with Gasteiger partial charge in [0.05, 0.1) is 10.9 Å². The molecule has 2 heterocycles. The van der Waals surface area contributed by atoms with E-state index in [1.165, 1.54) is 6.33 Å². The molecule has 0 aliphatic rings. The van der Waals surface area contributed by atoms with Gasteiger partial charge in [0.2, 0.25) is 0 Å². The van der Waals surface area contributed by atoms with Gasteiger partial charge in [-0.05, 0) is 50.6 Å². The zero-order valence-electron chi connectivity index (χ0n) is 18.7. The number of anilines is 3. The maximum atomic E-state index is 13.6. The van der Waals surface area contributed by atoms with Gasteiger partial charge in [-0.3, -0.25) is 4.79 Å². The second-order valence-electron chi connectivity index (χ2n) is 8.05. The highest BCUT2D eigenvalue weighted by molar-refractivity contribution is 6.35. The number of nitrogens with zero attached hydrogens (tertiary/aromatic N) is 3. The monoisotopic (exact) mass is 496 g/mol. The quantitative estimate of drug-likeness (QED) is 0.289. The molecule has 0 aliphatic heterocycles. The van der Waals surface area contributed by atoms with Crippen molar-refractivity contribution in [1.29, 1.82) is 0 Å². The van der Waals surface area contributed by atoms with E-state index >= 15 is 0 Å². The van der Waals surface area contributed by atoms with E-state index in [2.05, 4.69) is 20.6 Å². The Balaban J connectivity index is 1.66. The van der Waals surface area contributed by atoms with Crippen molar-refractivity contribution in [3.63, 3.8) is 0 Å². The number of nitrogens with one attached hydrogen (secondary N) is 2. The molecule has 4 aromatic rings. The van der Waals surface area contributed by atoms with E-state index in [1.54, 1.807) is 49.5 Å². The Morgan fingerprint density at radius 1 is 1.03 bits per heavy atom. The van der Waals surface area contributed by atoms with Crippen LogP contribution in [0.4, 0.5) is 22.0 Å². The van der Waals surface area contributed by atoms with Gasteiger partial charge in [0, 0.05) is 39.2 Å². The van der Waals surface area contributed by atoms with Gasteiger partial charge in [-0.15, -0.1) is 0 Å². The van der Waals surface area contributed by atoms with Crippen molar-refractivity contribution in [3.05, 3.63) is 75.7 Å². The van der Waals surface area contributed by atoms with Crippen molar-refractivity contribution in [2.45, 2.75) is 26.8 Å². The minimum atomic E-state index is -0.500. The largest absolute Gasteiger partial charge is 0.383 e. The standard InChI is InChI=1S/C24H22Cl2N6O2/c1-12(2)32-10-18(20-22(27)28-11-29-23(20)32)21(33)17-5-4-6-19(13(17)3)31-24(34)30-16-8-14(25)7-15(26)9-16/h4-12H,1-3H3,(H2,27,28,29)(H2,30,31,34). The Kier molecular flexibility index (Phi) is 6.45. The predicted octanol–water partition coefficient (Wildman–Crippen LogP) is 6.08. The fraction of sp³-hybridized carbons (Fsp3) is 0.167. The van der Waals surface area contributed by atoms with Crippen LogP contribution >= 0.6 is 23.2 Å². The first-order valence-corrected chi connectivity index (χ1v) is 11.2. The molecule has 0 radical (unpaired) electrons. The van der Waals surface area contributed by atoms with Crippen LogP contribution in [0.3, 0.4) is 0 Å². The zero-order chi connectivity index (χ0) is 24.6. The summed E-state index contributed by atoms with van der Waals surface area (Å²) in [7, 11) is 0. The third-order valence-corrected chi connectivity index (χ3v) is 5.82. The van der Waals surface area contributed by atoms with Gasteiger partial charge in [0.25, 0.3) is 0 Å². The first-order valence-electron chi connectivity index (χ1n) is 10.4.